The van der Waals surface area contributed by atoms with Crippen LogP contribution in [0.3, 0.4) is 0 Å². The predicted octanol–water partition coefficient (Wildman–Crippen LogP) is 4.42. The molecule has 0 unspecified atom stereocenters. The third-order valence-corrected chi connectivity index (χ3v) is 5.41. The average molecular weight is 417 g/mol. The summed E-state index contributed by atoms with van der Waals surface area (Å²) in [7, 11) is 1.62. The molecule has 6 nitrogen and oxygen atoms in total. The third kappa shape index (κ3) is 3.02. The molecule has 148 valence electrons. The molecule has 0 saturated heterocycles. The molecule has 0 aliphatic heterocycles. The fourth-order valence-corrected chi connectivity index (χ4v) is 3.76. The number of ether oxygens (including phenoxy) is 1. The highest BCUT2D eigenvalue weighted by molar-refractivity contribution is 6.30. The van der Waals surface area contributed by atoms with Crippen molar-refractivity contribution in [2.75, 3.05) is 7.11 Å². The van der Waals surface area contributed by atoms with Gasteiger partial charge in [0.05, 0.1) is 30.8 Å². The number of aromatic nitrogens is 4. The zero-order valence-corrected chi connectivity index (χ0v) is 16.9. The molecular weight excluding hydrogens is 400 g/mol. The van der Waals surface area contributed by atoms with Crippen LogP contribution in [-0.2, 0) is 6.54 Å². The highest BCUT2D eigenvalue weighted by Crippen LogP contribution is 2.26. The van der Waals surface area contributed by atoms with Crippen LogP contribution in [0.15, 0.2) is 78.0 Å². The summed E-state index contributed by atoms with van der Waals surface area (Å²) in [6.07, 6.45) is 5.15. The lowest BCUT2D eigenvalue weighted by atomic mass is 10.1. The predicted molar refractivity (Wildman–Crippen MR) is 117 cm³/mol. The minimum atomic E-state index is -0.128. The van der Waals surface area contributed by atoms with Gasteiger partial charge in [0.1, 0.15) is 5.75 Å². The summed E-state index contributed by atoms with van der Waals surface area (Å²) in [5, 5.41) is 5.66. The largest absolute Gasteiger partial charge is 0.496 e. The molecule has 5 aromatic rings. The standard InChI is InChI=1S/C23H17ClN4O2/c1-30-21-5-3-2-4-16(21)14-27-11-10-20-19(23(27)29)12-25-22-18(13-26-28(20)22)15-6-8-17(24)9-7-15/h2-13H,14H2,1H3. The molecule has 0 amide bonds. The molecule has 2 aromatic carbocycles. The first-order chi connectivity index (χ1) is 14.7. The van der Waals surface area contributed by atoms with Gasteiger partial charge in [-0.05, 0) is 29.8 Å². The van der Waals surface area contributed by atoms with Crippen LogP contribution >= 0.6 is 11.6 Å². The van der Waals surface area contributed by atoms with Crippen molar-refractivity contribution in [2.24, 2.45) is 0 Å². The number of rotatable bonds is 4. The van der Waals surface area contributed by atoms with E-state index in [9.17, 15) is 4.79 Å². The maximum Gasteiger partial charge on any atom is 0.261 e. The van der Waals surface area contributed by atoms with Crippen molar-refractivity contribution in [3.8, 4) is 16.9 Å². The average Bonchev–Trinajstić information content (AvgIpc) is 3.21. The lowest BCUT2D eigenvalue weighted by Crippen LogP contribution is -2.21. The summed E-state index contributed by atoms with van der Waals surface area (Å²) in [6.45, 7) is 0.409. The Morgan fingerprint density at radius 1 is 1.03 bits per heavy atom. The van der Waals surface area contributed by atoms with Gasteiger partial charge >= 0.3 is 0 Å². The highest BCUT2D eigenvalue weighted by atomic mass is 35.5. The molecule has 0 fully saturated rings. The van der Waals surface area contributed by atoms with E-state index in [1.165, 1.54) is 0 Å². The van der Waals surface area contributed by atoms with Crippen molar-refractivity contribution in [1.82, 2.24) is 19.2 Å². The van der Waals surface area contributed by atoms with E-state index < -0.39 is 0 Å². The van der Waals surface area contributed by atoms with Gasteiger partial charge in [-0.2, -0.15) is 5.10 Å². The first-order valence-electron chi connectivity index (χ1n) is 9.39. The molecule has 3 heterocycles. The van der Waals surface area contributed by atoms with Crippen molar-refractivity contribution in [3.05, 3.63) is 94.1 Å². The Kier molecular flexibility index (Phi) is 4.48. The van der Waals surface area contributed by atoms with Crippen LogP contribution in [0.4, 0.5) is 0 Å². The topological polar surface area (TPSA) is 61.4 Å². The van der Waals surface area contributed by atoms with Crippen LogP contribution in [0.25, 0.3) is 27.7 Å². The van der Waals surface area contributed by atoms with Crippen molar-refractivity contribution < 1.29 is 4.74 Å². The van der Waals surface area contributed by atoms with Crippen molar-refractivity contribution in [2.45, 2.75) is 6.54 Å². The monoisotopic (exact) mass is 416 g/mol. The summed E-state index contributed by atoms with van der Waals surface area (Å²) in [4.78, 5) is 17.7. The molecule has 0 spiro atoms. The summed E-state index contributed by atoms with van der Waals surface area (Å²) < 4.78 is 8.76. The van der Waals surface area contributed by atoms with Crippen LogP contribution in [-0.4, -0.2) is 26.3 Å². The number of hydrogen-bond acceptors (Lipinski definition) is 4. The van der Waals surface area contributed by atoms with Crippen LogP contribution in [0, 0.1) is 0 Å². The summed E-state index contributed by atoms with van der Waals surface area (Å²) in [5.41, 5.74) is 4.04. The minimum Gasteiger partial charge on any atom is -0.496 e. The lowest BCUT2D eigenvalue weighted by molar-refractivity contribution is 0.408. The van der Waals surface area contributed by atoms with Gasteiger partial charge in [-0.25, -0.2) is 9.50 Å². The van der Waals surface area contributed by atoms with Gasteiger partial charge in [0.15, 0.2) is 5.65 Å². The van der Waals surface area contributed by atoms with Gasteiger partial charge in [-0.1, -0.05) is 41.9 Å². The van der Waals surface area contributed by atoms with Crippen molar-refractivity contribution in [3.63, 3.8) is 0 Å². The second-order valence-corrected chi connectivity index (χ2v) is 7.35. The molecule has 7 heteroatoms. The molecule has 0 radical (unpaired) electrons. The summed E-state index contributed by atoms with van der Waals surface area (Å²) >= 11 is 6.00. The molecule has 30 heavy (non-hydrogen) atoms. The van der Waals surface area contributed by atoms with Crippen LogP contribution in [0.2, 0.25) is 5.02 Å². The van der Waals surface area contributed by atoms with Gasteiger partial charge in [-0.15, -0.1) is 0 Å². The Morgan fingerprint density at radius 3 is 2.63 bits per heavy atom. The van der Waals surface area contributed by atoms with E-state index in [0.717, 1.165) is 22.4 Å². The first-order valence-corrected chi connectivity index (χ1v) is 9.77. The lowest BCUT2D eigenvalue weighted by Gasteiger charge is -2.11. The molecule has 0 saturated carbocycles. The normalized spacial score (nSPS) is 11.3. The zero-order chi connectivity index (χ0) is 20.7. The van der Waals surface area contributed by atoms with Gasteiger partial charge < -0.3 is 9.30 Å². The molecule has 3 aromatic heterocycles. The number of para-hydroxylation sites is 1. The third-order valence-electron chi connectivity index (χ3n) is 5.16. The SMILES string of the molecule is COc1ccccc1Cn1ccc2c(cnc3c(-c4ccc(Cl)cc4)cnn32)c1=O. The number of halogens is 1. The van der Waals surface area contributed by atoms with Gasteiger partial charge in [0, 0.05) is 28.5 Å². The second kappa shape index (κ2) is 7.31. The number of pyridine rings is 1. The van der Waals surface area contributed by atoms with E-state index in [2.05, 4.69) is 10.1 Å². The fourth-order valence-electron chi connectivity index (χ4n) is 3.63. The molecule has 0 bridgehead atoms. The van der Waals surface area contributed by atoms with E-state index in [0.29, 0.717) is 28.1 Å². The first kappa shape index (κ1) is 18.4. The molecular formula is C23H17ClN4O2. The van der Waals surface area contributed by atoms with Gasteiger partial charge in [-0.3, -0.25) is 4.79 Å². The van der Waals surface area contributed by atoms with E-state index in [4.69, 9.17) is 16.3 Å². The van der Waals surface area contributed by atoms with E-state index in [-0.39, 0.29) is 5.56 Å². The summed E-state index contributed by atoms with van der Waals surface area (Å²) in [6, 6.07) is 17.1. The number of methoxy groups -OCH3 is 1. The number of fused-ring (bicyclic) bond motifs is 3. The van der Waals surface area contributed by atoms with Crippen LogP contribution in [0.5, 0.6) is 5.75 Å². The molecule has 0 aliphatic carbocycles. The quantitative estimate of drug-likeness (QED) is 0.435. The Labute approximate surface area is 176 Å². The van der Waals surface area contributed by atoms with Crippen LogP contribution in [0.1, 0.15) is 5.56 Å². The van der Waals surface area contributed by atoms with E-state index >= 15 is 0 Å². The maximum atomic E-state index is 13.1. The molecule has 0 aliphatic rings. The summed E-state index contributed by atoms with van der Waals surface area (Å²) in [5.74, 6) is 0.748. The Bertz CT molecular complexity index is 1440. The Hall–Kier alpha value is -3.64. The van der Waals surface area contributed by atoms with Crippen molar-refractivity contribution in [1.29, 1.82) is 0 Å². The van der Waals surface area contributed by atoms with Crippen molar-refractivity contribution >= 4 is 28.2 Å². The van der Waals surface area contributed by atoms with E-state index in [1.807, 2.05) is 54.6 Å². The number of hydrogen-bond donors (Lipinski definition) is 0. The zero-order valence-electron chi connectivity index (χ0n) is 16.1. The molecule has 5 rings (SSSR count). The number of benzene rings is 2. The highest BCUT2D eigenvalue weighted by Gasteiger charge is 2.13. The van der Waals surface area contributed by atoms with E-state index in [1.54, 1.807) is 34.8 Å². The van der Waals surface area contributed by atoms with Gasteiger partial charge in [0.25, 0.3) is 5.56 Å². The smallest absolute Gasteiger partial charge is 0.261 e. The molecule has 0 atom stereocenters. The van der Waals surface area contributed by atoms with Crippen LogP contribution < -0.4 is 10.3 Å². The number of nitrogens with zero attached hydrogens (tertiary/aromatic N) is 4. The Balaban J connectivity index is 1.62. The maximum absolute atomic E-state index is 13.1. The van der Waals surface area contributed by atoms with Gasteiger partial charge in [0.2, 0.25) is 0 Å². The second-order valence-electron chi connectivity index (χ2n) is 6.92. The molecule has 0 N–H and O–H groups in total. The minimum absolute atomic E-state index is 0.128. The fraction of sp³-hybridized carbons (Fsp3) is 0.0870. The Morgan fingerprint density at radius 2 is 1.83 bits per heavy atom.